The molecule has 3 aromatic heterocycles. The van der Waals surface area contributed by atoms with Gasteiger partial charge in [0, 0.05) is 50.5 Å². The summed E-state index contributed by atoms with van der Waals surface area (Å²) in [6.45, 7) is 5.41. The minimum Gasteiger partial charge on any atom is -0.440 e. The van der Waals surface area contributed by atoms with Crippen LogP contribution >= 0.6 is 31.9 Å². The van der Waals surface area contributed by atoms with Crippen LogP contribution in [0.4, 0.5) is 26.3 Å². The van der Waals surface area contributed by atoms with Crippen molar-refractivity contribution in [2.75, 3.05) is 0 Å². The molecule has 0 saturated heterocycles. The lowest BCUT2D eigenvalue weighted by molar-refractivity contribution is -0.275. The number of aliphatic hydroxyl groups excluding tert-OH is 1. The predicted octanol–water partition coefficient (Wildman–Crippen LogP) is 11.2. The number of alkyl halides is 6. The van der Waals surface area contributed by atoms with Crippen molar-refractivity contribution in [3.8, 4) is 45.5 Å². The highest BCUT2D eigenvalue weighted by Gasteiger charge is 2.32. The lowest BCUT2D eigenvalue weighted by Crippen LogP contribution is -2.17. The molecule has 1 unspecified atom stereocenters. The van der Waals surface area contributed by atoms with Crippen LogP contribution in [0.5, 0.6) is 11.5 Å². The van der Waals surface area contributed by atoms with Gasteiger partial charge in [0.05, 0.1) is 22.8 Å². The molecule has 0 aliphatic heterocycles. The first-order valence-electron chi connectivity index (χ1n) is 16.9. The maximum absolute atomic E-state index is 12.7. The number of carbonyl (C=O) groups excluding carboxylic acids is 1. The van der Waals surface area contributed by atoms with E-state index in [-0.39, 0.29) is 11.3 Å². The summed E-state index contributed by atoms with van der Waals surface area (Å²) in [4.78, 5) is 17.1. The van der Waals surface area contributed by atoms with Crippen molar-refractivity contribution in [2.24, 2.45) is 0 Å². The maximum Gasteiger partial charge on any atom is 0.573 e. The predicted molar refractivity (Wildman–Crippen MR) is 207 cm³/mol. The lowest BCUT2D eigenvalue weighted by Gasteiger charge is -2.16. The number of oxazole rings is 1. The number of halogens is 8. The van der Waals surface area contributed by atoms with E-state index in [9.17, 15) is 36.2 Å². The second-order valence-electron chi connectivity index (χ2n) is 12.5. The molecule has 3 heterocycles. The second-order valence-corrected chi connectivity index (χ2v) is 14.3. The van der Waals surface area contributed by atoms with E-state index in [1.54, 1.807) is 49.0 Å². The monoisotopic (exact) mass is 931 g/mol. The van der Waals surface area contributed by atoms with Crippen LogP contribution in [0.15, 0.2) is 123 Å². The van der Waals surface area contributed by atoms with Gasteiger partial charge < -0.3 is 19.0 Å². The number of ether oxygens (including phenoxy) is 2. The first-order chi connectivity index (χ1) is 27.3. The van der Waals surface area contributed by atoms with Crippen molar-refractivity contribution in [3.05, 3.63) is 147 Å². The molecule has 18 heteroatoms. The number of aromatic nitrogens is 5. The molecule has 0 radical (unpaired) electrons. The zero-order valence-electron chi connectivity index (χ0n) is 30.3. The zero-order valence-corrected chi connectivity index (χ0v) is 33.5. The molecular formula is C40H29Br2F6N5O5. The Morgan fingerprint density at radius 1 is 0.707 bits per heavy atom. The van der Waals surface area contributed by atoms with Crippen molar-refractivity contribution >= 4 is 37.6 Å². The average Bonchev–Trinajstić information content (AvgIpc) is 3.90. The third-order valence-corrected chi connectivity index (χ3v) is 9.13. The lowest BCUT2D eigenvalue weighted by atomic mass is 9.98. The Hall–Kier alpha value is -5.72. The molecular weight excluding hydrogens is 904 g/mol. The third-order valence-electron chi connectivity index (χ3n) is 8.14. The second kappa shape index (κ2) is 17.0. The van der Waals surface area contributed by atoms with Gasteiger partial charge in [0.15, 0.2) is 17.4 Å². The van der Waals surface area contributed by atoms with Crippen LogP contribution < -0.4 is 9.47 Å². The zero-order chi connectivity index (χ0) is 41.9. The summed E-state index contributed by atoms with van der Waals surface area (Å²) < 4.78 is 92.5. The first-order valence-corrected chi connectivity index (χ1v) is 18.5. The van der Waals surface area contributed by atoms with Crippen LogP contribution in [0.3, 0.4) is 0 Å². The standard InChI is InChI=1S/C21H15BrF3N3O2.C19H14BrF3N2O3/c1-12-9-10-28(27-12)18-8-5-15(22)11-17(18)20-19(26-13(2)29-20)14-3-6-16(7-4-14)30-21(23,24)25;1-11-8-9-25(24-11)16-7-4-13(20)10-15(16)18(27)17(26)12-2-5-14(6-3-12)28-19(21,22)23/h3-11H,1-2H3;2-10,18,27H,1H3. The van der Waals surface area contributed by atoms with Gasteiger partial charge >= 0.3 is 12.7 Å². The molecule has 7 aromatic rings. The molecule has 0 spiro atoms. The fraction of sp³-hybridized carbons (Fsp3) is 0.150. The molecule has 10 nitrogen and oxygen atoms in total. The Labute approximate surface area is 342 Å². The van der Waals surface area contributed by atoms with Gasteiger partial charge in [-0.15, -0.1) is 26.3 Å². The number of aryl methyl sites for hydroxylation is 3. The number of rotatable bonds is 9. The normalized spacial score (nSPS) is 12.1. The molecule has 0 bridgehead atoms. The quantitative estimate of drug-likeness (QED) is 0.112. The van der Waals surface area contributed by atoms with Crippen molar-refractivity contribution in [1.82, 2.24) is 24.5 Å². The van der Waals surface area contributed by atoms with Gasteiger partial charge in [0.1, 0.15) is 23.3 Å². The van der Waals surface area contributed by atoms with E-state index in [4.69, 9.17) is 4.42 Å². The summed E-state index contributed by atoms with van der Waals surface area (Å²) in [5.41, 5.74) is 5.09. The molecule has 0 saturated carbocycles. The van der Waals surface area contributed by atoms with Gasteiger partial charge in [0.2, 0.25) is 0 Å². The van der Waals surface area contributed by atoms with Gasteiger partial charge in [-0.05, 0) is 111 Å². The van der Waals surface area contributed by atoms with Crippen LogP contribution in [-0.2, 0) is 0 Å². The van der Waals surface area contributed by atoms with Gasteiger partial charge in [-0.3, -0.25) is 4.79 Å². The Bertz CT molecular complexity index is 2550. The number of Topliss-reactive ketones (excluding diaryl/α,β-unsaturated/α-hetero) is 1. The van der Waals surface area contributed by atoms with Crippen LogP contribution in [-0.4, -0.2) is 48.2 Å². The van der Waals surface area contributed by atoms with Gasteiger partial charge in [-0.25, -0.2) is 14.3 Å². The van der Waals surface area contributed by atoms with Gasteiger partial charge in [-0.2, -0.15) is 10.2 Å². The Kier molecular flexibility index (Phi) is 12.3. The number of carbonyl (C=O) groups is 1. The largest absolute Gasteiger partial charge is 0.573 e. The molecule has 0 fully saturated rings. The number of benzene rings is 4. The molecule has 1 atom stereocenters. The highest BCUT2D eigenvalue weighted by molar-refractivity contribution is 9.10. The summed E-state index contributed by atoms with van der Waals surface area (Å²) >= 11 is 6.79. The van der Waals surface area contributed by atoms with Crippen LogP contribution in [0, 0.1) is 20.8 Å². The molecule has 300 valence electrons. The summed E-state index contributed by atoms with van der Waals surface area (Å²) in [5.74, 6) is -0.502. The van der Waals surface area contributed by atoms with Crippen molar-refractivity contribution in [3.63, 3.8) is 0 Å². The fourth-order valence-electron chi connectivity index (χ4n) is 5.68. The fourth-order valence-corrected chi connectivity index (χ4v) is 6.42. The van der Waals surface area contributed by atoms with Crippen molar-refractivity contribution in [1.29, 1.82) is 0 Å². The number of aliphatic hydroxyl groups is 1. The maximum atomic E-state index is 12.7. The van der Waals surface area contributed by atoms with Crippen LogP contribution in [0.25, 0.3) is 34.0 Å². The summed E-state index contributed by atoms with van der Waals surface area (Å²) in [7, 11) is 0. The summed E-state index contributed by atoms with van der Waals surface area (Å²) in [6.07, 6.45) is -7.56. The van der Waals surface area contributed by atoms with Crippen molar-refractivity contribution < 1.29 is 50.1 Å². The van der Waals surface area contributed by atoms with E-state index in [1.807, 2.05) is 37.4 Å². The SMILES string of the molecule is Cc1ccn(-c2ccc(Br)cc2-c2oc(C)nc2-c2ccc(OC(F)(F)F)cc2)n1.Cc1ccn(-c2ccc(Br)cc2C(O)C(=O)c2ccc(OC(F)(F)F)cc2)n1. The first kappa shape index (κ1) is 41.9. The summed E-state index contributed by atoms with van der Waals surface area (Å²) in [6, 6.07) is 24.3. The number of ketones is 1. The molecule has 0 aliphatic carbocycles. The van der Waals surface area contributed by atoms with E-state index in [0.717, 1.165) is 39.2 Å². The summed E-state index contributed by atoms with van der Waals surface area (Å²) in [5, 5.41) is 19.4. The highest BCUT2D eigenvalue weighted by atomic mass is 79.9. The topological polar surface area (TPSA) is 117 Å². The van der Waals surface area contributed by atoms with E-state index < -0.39 is 30.4 Å². The van der Waals surface area contributed by atoms with Crippen molar-refractivity contribution in [2.45, 2.75) is 39.6 Å². The molecule has 0 amide bonds. The van der Waals surface area contributed by atoms with Crippen LogP contribution in [0.1, 0.15) is 39.3 Å². The Morgan fingerprint density at radius 2 is 1.21 bits per heavy atom. The van der Waals surface area contributed by atoms with E-state index in [2.05, 4.69) is 56.5 Å². The average molecular weight is 933 g/mol. The third kappa shape index (κ3) is 10.4. The van der Waals surface area contributed by atoms with E-state index in [1.165, 1.54) is 41.1 Å². The smallest absolute Gasteiger partial charge is 0.440 e. The van der Waals surface area contributed by atoms with E-state index in [0.29, 0.717) is 38.6 Å². The molecule has 58 heavy (non-hydrogen) atoms. The highest BCUT2D eigenvalue weighted by Crippen LogP contribution is 2.38. The van der Waals surface area contributed by atoms with Gasteiger partial charge in [0.25, 0.3) is 0 Å². The van der Waals surface area contributed by atoms with Crippen LogP contribution in [0.2, 0.25) is 0 Å². The van der Waals surface area contributed by atoms with E-state index >= 15 is 0 Å². The Morgan fingerprint density at radius 3 is 1.72 bits per heavy atom. The molecule has 7 rings (SSSR count). The molecule has 4 aromatic carbocycles. The Balaban J connectivity index is 0.000000196. The minimum atomic E-state index is -4.82. The molecule has 1 N–H and O–H groups in total. The van der Waals surface area contributed by atoms with Gasteiger partial charge in [-0.1, -0.05) is 31.9 Å². The number of hydrogen-bond acceptors (Lipinski definition) is 8. The minimum absolute atomic E-state index is 0.0459. The number of hydrogen-bond donors (Lipinski definition) is 1. The molecule has 0 aliphatic rings. The number of nitrogens with zero attached hydrogens (tertiary/aromatic N) is 5.